The van der Waals surface area contributed by atoms with Crippen LogP contribution in [0.3, 0.4) is 0 Å². The van der Waals surface area contributed by atoms with E-state index >= 15 is 0 Å². The van der Waals surface area contributed by atoms with Gasteiger partial charge in [-0.3, -0.25) is 0 Å². The summed E-state index contributed by atoms with van der Waals surface area (Å²) in [7, 11) is 0. The van der Waals surface area contributed by atoms with Gasteiger partial charge in [0.1, 0.15) is 17.4 Å². The zero-order chi connectivity index (χ0) is 13.4. The van der Waals surface area contributed by atoms with E-state index in [9.17, 15) is 0 Å². The Morgan fingerprint density at radius 1 is 1.58 bits per heavy atom. The Kier molecular flexibility index (Phi) is 2.99. The molecule has 0 spiro atoms. The second-order valence-electron chi connectivity index (χ2n) is 4.67. The Labute approximate surface area is 115 Å². The van der Waals surface area contributed by atoms with E-state index in [1.807, 2.05) is 12.3 Å². The van der Waals surface area contributed by atoms with Gasteiger partial charge in [-0.25, -0.2) is 4.98 Å². The third kappa shape index (κ3) is 1.90. The molecule has 0 aromatic carbocycles. The predicted molar refractivity (Wildman–Crippen MR) is 77.7 cm³/mol. The lowest BCUT2D eigenvalue weighted by atomic mass is 10.1. The van der Waals surface area contributed by atoms with E-state index in [1.54, 1.807) is 0 Å². The number of hydrogen-bond donors (Lipinski definition) is 1. The first-order chi connectivity index (χ1) is 9.24. The van der Waals surface area contributed by atoms with Gasteiger partial charge >= 0.3 is 0 Å². The average molecular weight is 273 g/mol. The maximum absolute atomic E-state index is 9.16. The number of anilines is 2. The molecule has 0 amide bonds. The maximum atomic E-state index is 9.16. The molecule has 1 aliphatic rings. The van der Waals surface area contributed by atoms with Crippen molar-refractivity contribution in [3.63, 3.8) is 0 Å². The highest BCUT2D eigenvalue weighted by Gasteiger charge is 2.27. The van der Waals surface area contributed by atoms with Crippen molar-refractivity contribution in [3.05, 3.63) is 10.9 Å². The third-order valence-corrected chi connectivity index (χ3v) is 4.42. The minimum absolute atomic E-state index is 0.482. The molecule has 0 radical (unpaired) electrons. The van der Waals surface area contributed by atoms with Gasteiger partial charge in [-0.1, -0.05) is 0 Å². The molecule has 19 heavy (non-hydrogen) atoms. The van der Waals surface area contributed by atoms with Crippen molar-refractivity contribution < 1.29 is 0 Å². The topological polar surface area (TPSA) is 64.8 Å². The Morgan fingerprint density at radius 3 is 3.00 bits per heavy atom. The molecule has 3 rings (SSSR count). The lowest BCUT2D eigenvalue weighted by Crippen LogP contribution is -2.46. The van der Waals surface area contributed by atoms with E-state index < -0.39 is 0 Å². The molecule has 1 atom stereocenters. The number of fused-ring (bicyclic) bond motifs is 1. The van der Waals surface area contributed by atoms with Gasteiger partial charge in [-0.2, -0.15) is 10.2 Å². The van der Waals surface area contributed by atoms with Crippen LogP contribution in [0.25, 0.3) is 10.2 Å². The molecule has 5 nitrogen and oxygen atoms in total. The number of nitrogens with zero attached hydrogens (tertiary/aromatic N) is 4. The van der Waals surface area contributed by atoms with Gasteiger partial charge in [-0.05, 0) is 20.3 Å². The lowest BCUT2D eigenvalue weighted by Gasteiger charge is -2.38. The average Bonchev–Trinajstić information content (AvgIpc) is 2.80. The molecule has 1 saturated heterocycles. The summed E-state index contributed by atoms with van der Waals surface area (Å²) >= 11 is 1.52. The smallest absolute Gasteiger partial charge is 0.228 e. The highest BCUT2D eigenvalue weighted by Crippen LogP contribution is 2.33. The Hall–Kier alpha value is -1.87. The number of rotatable bonds is 3. The molecular weight excluding hydrogens is 258 g/mol. The highest BCUT2D eigenvalue weighted by molar-refractivity contribution is 7.18. The molecule has 0 aliphatic carbocycles. The first-order valence-electron chi connectivity index (χ1n) is 6.44. The third-order valence-electron chi connectivity index (χ3n) is 3.44. The maximum Gasteiger partial charge on any atom is 0.228 e. The molecule has 1 aliphatic heterocycles. The largest absolute Gasteiger partial charge is 0.369 e. The van der Waals surface area contributed by atoms with Crippen LogP contribution >= 0.6 is 11.3 Å². The van der Waals surface area contributed by atoms with Crippen molar-refractivity contribution in [2.24, 2.45) is 0 Å². The van der Waals surface area contributed by atoms with Crippen molar-refractivity contribution in [2.45, 2.75) is 26.3 Å². The van der Waals surface area contributed by atoms with Crippen molar-refractivity contribution >= 4 is 33.3 Å². The number of nitrogens with one attached hydrogen (secondary N) is 1. The number of nitriles is 1. The summed E-state index contributed by atoms with van der Waals surface area (Å²) < 4.78 is 0.968. The van der Waals surface area contributed by atoms with Gasteiger partial charge in [0.25, 0.3) is 0 Å². The Balaban J connectivity index is 2.15. The van der Waals surface area contributed by atoms with Gasteiger partial charge < -0.3 is 10.2 Å². The monoisotopic (exact) mass is 273 g/mol. The molecule has 0 saturated carbocycles. The summed E-state index contributed by atoms with van der Waals surface area (Å²) in [6.45, 7) is 6.01. The summed E-state index contributed by atoms with van der Waals surface area (Å²) in [4.78, 5) is 11.4. The van der Waals surface area contributed by atoms with Crippen LogP contribution in [-0.2, 0) is 0 Å². The van der Waals surface area contributed by atoms with Crippen LogP contribution in [0.15, 0.2) is 5.38 Å². The summed E-state index contributed by atoms with van der Waals surface area (Å²) in [6.07, 6.45) is 1.17. The number of aromatic nitrogens is 2. The molecular formula is C13H15N5S. The van der Waals surface area contributed by atoms with Crippen LogP contribution in [0.5, 0.6) is 0 Å². The second-order valence-corrected chi connectivity index (χ2v) is 5.55. The van der Waals surface area contributed by atoms with Crippen LogP contribution in [0.2, 0.25) is 0 Å². The fourth-order valence-electron chi connectivity index (χ4n) is 2.22. The molecule has 0 unspecified atom stereocenters. The van der Waals surface area contributed by atoms with E-state index in [1.165, 1.54) is 17.8 Å². The molecule has 2 aromatic rings. The fourth-order valence-corrected chi connectivity index (χ4v) is 3.11. The zero-order valence-electron chi connectivity index (χ0n) is 11.0. The summed E-state index contributed by atoms with van der Waals surface area (Å²) in [5.41, 5.74) is 1.41. The highest BCUT2D eigenvalue weighted by atomic mass is 32.1. The summed E-state index contributed by atoms with van der Waals surface area (Å²) in [5, 5.41) is 14.3. The lowest BCUT2D eigenvalue weighted by molar-refractivity contribution is 0.471. The molecule has 3 heterocycles. The standard InChI is InChI=1S/C13H15N5S/c1-3-15-12-11-10(9(6-14)7-19-11)16-13(17-12)18-5-4-8(18)2/h7-8H,3-5H2,1-2H3,(H,15,16,17)/t8-/m0/s1. The van der Waals surface area contributed by atoms with Crippen LogP contribution < -0.4 is 10.2 Å². The zero-order valence-corrected chi connectivity index (χ0v) is 11.8. The number of thiophene rings is 1. The SMILES string of the molecule is CCNc1nc(N2CC[C@@H]2C)nc2c(C#N)csc12. The van der Waals surface area contributed by atoms with Gasteiger partial charge in [0, 0.05) is 24.5 Å². The van der Waals surface area contributed by atoms with E-state index in [-0.39, 0.29) is 0 Å². The molecule has 1 N–H and O–H groups in total. The van der Waals surface area contributed by atoms with Crippen LogP contribution in [0, 0.1) is 11.3 Å². The molecule has 98 valence electrons. The van der Waals surface area contributed by atoms with Crippen molar-refractivity contribution in [1.29, 1.82) is 5.26 Å². The van der Waals surface area contributed by atoms with Crippen LogP contribution in [-0.4, -0.2) is 29.1 Å². The van der Waals surface area contributed by atoms with E-state index in [0.29, 0.717) is 11.6 Å². The normalized spacial score (nSPS) is 18.2. The Bertz CT molecular complexity index is 657. The van der Waals surface area contributed by atoms with Gasteiger partial charge in [0.05, 0.1) is 10.3 Å². The molecule has 6 heteroatoms. The second kappa shape index (κ2) is 4.67. The molecule has 2 aromatic heterocycles. The minimum atomic E-state index is 0.482. The number of hydrogen-bond acceptors (Lipinski definition) is 6. The van der Waals surface area contributed by atoms with Crippen molar-refractivity contribution in [2.75, 3.05) is 23.3 Å². The molecule has 0 bridgehead atoms. The van der Waals surface area contributed by atoms with Gasteiger partial charge in [-0.15, -0.1) is 11.3 Å². The first kappa shape index (κ1) is 12.2. The van der Waals surface area contributed by atoms with E-state index in [2.05, 4.69) is 33.2 Å². The minimum Gasteiger partial charge on any atom is -0.369 e. The summed E-state index contributed by atoms with van der Waals surface area (Å²) in [6, 6.07) is 2.69. The van der Waals surface area contributed by atoms with Gasteiger partial charge in [0.2, 0.25) is 5.95 Å². The van der Waals surface area contributed by atoms with E-state index in [0.717, 1.165) is 35.1 Å². The van der Waals surface area contributed by atoms with Crippen molar-refractivity contribution in [3.8, 4) is 6.07 Å². The van der Waals surface area contributed by atoms with Crippen LogP contribution in [0.4, 0.5) is 11.8 Å². The van der Waals surface area contributed by atoms with Crippen molar-refractivity contribution in [1.82, 2.24) is 9.97 Å². The Morgan fingerprint density at radius 2 is 2.42 bits per heavy atom. The quantitative estimate of drug-likeness (QED) is 0.931. The predicted octanol–water partition coefficient (Wildman–Crippen LogP) is 2.59. The van der Waals surface area contributed by atoms with Gasteiger partial charge in [0.15, 0.2) is 0 Å². The first-order valence-corrected chi connectivity index (χ1v) is 7.32. The van der Waals surface area contributed by atoms with Crippen LogP contribution in [0.1, 0.15) is 25.8 Å². The summed E-state index contributed by atoms with van der Waals surface area (Å²) in [5.74, 6) is 1.57. The fraction of sp³-hybridized carbons (Fsp3) is 0.462. The van der Waals surface area contributed by atoms with E-state index in [4.69, 9.17) is 5.26 Å². The molecule has 1 fully saturated rings.